The van der Waals surface area contributed by atoms with E-state index in [0.29, 0.717) is 5.69 Å². The zero-order chi connectivity index (χ0) is 19.0. The number of aromatic hydroxyl groups is 1. The van der Waals surface area contributed by atoms with Crippen molar-refractivity contribution >= 4 is 27.8 Å². The van der Waals surface area contributed by atoms with Crippen LogP contribution in [0.4, 0.5) is 0 Å². The lowest BCUT2D eigenvalue weighted by Gasteiger charge is -2.07. The molecule has 0 saturated carbocycles. The van der Waals surface area contributed by atoms with Gasteiger partial charge in [-0.05, 0) is 55.5 Å². The summed E-state index contributed by atoms with van der Waals surface area (Å²) in [5, 5.41) is 11.4. The van der Waals surface area contributed by atoms with Crippen LogP contribution in [-0.2, 0) is 4.74 Å². The molecule has 0 aliphatic carbocycles. The molecule has 2 N–H and O–H groups in total. The Morgan fingerprint density at radius 1 is 1.11 bits per heavy atom. The summed E-state index contributed by atoms with van der Waals surface area (Å²) in [5.41, 5.74) is 3.34. The summed E-state index contributed by atoms with van der Waals surface area (Å²) >= 11 is 0. The predicted octanol–water partition coefficient (Wildman–Crippen LogP) is 4.27. The highest BCUT2D eigenvalue weighted by Gasteiger charge is 2.18. The molecule has 2 aromatic carbocycles. The van der Waals surface area contributed by atoms with Crippen molar-refractivity contribution in [3.63, 3.8) is 0 Å². The van der Waals surface area contributed by atoms with Gasteiger partial charge in [-0.3, -0.25) is 0 Å². The lowest BCUT2D eigenvalue weighted by molar-refractivity contribution is 0.0520. The fourth-order valence-corrected chi connectivity index (χ4v) is 3.14. The van der Waals surface area contributed by atoms with E-state index < -0.39 is 5.97 Å². The summed E-state index contributed by atoms with van der Waals surface area (Å²) in [6.45, 7) is 2.03. The summed E-state index contributed by atoms with van der Waals surface area (Å²) in [6, 6.07) is 14.2. The standard InChI is InChI=1S/C21H18N2O4/c1-3-27-21(25)18-11-16-15-10-14(26-2)8-9-17(15)22-20(16)19(23-18)12-4-6-13(24)7-5-12/h4-11,22,24H,3H2,1-2H3. The number of hydrogen-bond donors (Lipinski definition) is 2. The van der Waals surface area contributed by atoms with Crippen LogP contribution in [0.1, 0.15) is 17.4 Å². The molecule has 0 bridgehead atoms. The minimum atomic E-state index is -0.475. The maximum absolute atomic E-state index is 12.3. The molecule has 0 atom stereocenters. The Kier molecular flexibility index (Phi) is 4.16. The zero-order valence-corrected chi connectivity index (χ0v) is 14.9. The zero-order valence-electron chi connectivity index (χ0n) is 14.9. The molecule has 0 spiro atoms. The van der Waals surface area contributed by atoms with Crippen molar-refractivity contribution in [2.75, 3.05) is 13.7 Å². The first-order chi connectivity index (χ1) is 13.1. The SMILES string of the molecule is CCOC(=O)c1cc2c([nH]c3ccc(OC)cc32)c(-c2ccc(O)cc2)n1. The topological polar surface area (TPSA) is 84.4 Å². The van der Waals surface area contributed by atoms with E-state index in [0.717, 1.165) is 33.1 Å². The number of ether oxygens (including phenoxy) is 2. The summed E-state index contributed by atoms with van der Waals surface area (Å²) in [6.07, 6.45) is 0. The van der Waals surface area contributed by atoms with Crippen molar-refractivity contribution in [1.29, 1.82) is 0 Å². The number of H-pyrrole nitrogens is 1. The lowest BCUT2D eigenvalue weighted by atomic mass is 10.1. The van der Waals surface area contributed by atoms with Crippen molar-refractivity contribution in [1.82, 2.24) is 9.97 Å². The van der Waals surface area contributed by atoms with E-state index in [4.69, 9.17) is 9.47 Å². The number of nitrogens with one attached hydrogen (secondary N) is 1. The lowest BCUT2D eigenvalue weighted by Crippen LogP contribution is -2.07. The molecular weight excluding hydrogens is 344 g/mol. The molecule has 6 heteroatoms. The van der Waals surface area contributed by atoms with E-state index in [1.165, 1.54) is 0 Å². The smallest absolute Gasteiger partial charge is 0.356 e. The number of phenolic OH excluding ortho intramolecular Hbond substituents is 1. The molecule has 4 rings (SSSR count). The number of carbonyl (C=O) groups is 1. The van der Waals surface area contributed by atoms with Crippen molar-refractivity contribution in [2.24, 2.45) is 0 Å². The molecule has 0 unspecified atom stereocenters. The second-order valence-electron chi connectivity index (χ2n) is 6.08. The normalized spacial score (nSPS) is 11.0. The molecule has 0 fully saturated rings. The van der Waals surface area contributed by atoms with Crippen LogP contribution >= 0.6 is 0 Å². The molecule has 0 aliphatic rings. The van der Waals surface area contributed by atoms with E-state index in [1.807, 2.05) is 18.2 Å². The average molecular weight is 362 g/mol. The van der Waals surface area contributed by atoms with Gasteiger partial charge in [-0.2, -0.15) is 0 Å². The quantitative estimate of drug-likeness (QED) is 0.530. The average Bonchev–Trinajstić information content (AvgIpc) is 3.06. The highest BCUT2D eigenvalue weighted by atomic mass is 16.5. The Bertz CT molecular complexity index is 1150. The maximum Gasteiger partial charge on any atom is 0.356 e. The number of carbonyl (C=O) groups excluding carboxylic acids is 1. The molecule has 0 radical (unpaired) electrons. The van der Waals surface area contributed by atoms with E-state index in [-0.39, 0.29) is 18.1 Å². The first kappa shape index (κ1) is 16.9. The Morgan fingerprint density at radius 2 is 1.89 bits per heavy atom. The van der Waals surface area contributed by atoms with Gasteiger partial charge in [0, 0.05) is 21.9 Å². The Morgan fingerprint density at radius 3 is 2.59 bits per heavy atom. The van der Waals surface area contributed by atoms with E-state index in [9.17, 15) is 9.90 Å². The number of phenols is 1. The highest BCUT2D eigenvalue weighted by Crippen LogP contribution is 2.34. The third-order valence-electron chi connectivity index (χ3n) is 4.42. The number of pyridine rings is 1. The van der Waals surface area contributed by atoms with Crippen LogP contribution in [-0.4, -0.2) is 34.8 Å². The largest absolute Gasteiger partial charge is 0.508 e. The van der Waals surface area contributed by atoms with Crippen molar-refractivity contribution in [2.45, 2.75) is 6.92 Å². The Labute approximate surface area is 155 Å². The van der Waals surface area contributed by atoms with Crippen LogP contribution in [0, 0.1) is 0 Å². The number of nitrogens with zero attached hydrogens (tertiary/aromatic N) is 1. The first-order valence-corrected chi connectivity index (χ1v) is 8.57. The summed E-state index contributed by atoms with van der Waals surface area (Å²) in [5.74, 6) is 0.415. The number of aromatic amines is 1. The molecule has 2 heterocycles. The third kappa shape index (κ3) is 2.95. The van der Waals surface area contributed by atoms with Crippen LogP contribution in [0.5, 0.6) is 11.5 Å². The summed E-state index contributed by atoms with van der Waals surface area (Å²) in [7, 11) is 1.61. The molecule has 4 aromatic rings. The Balaban J connectivity index is 2.04. The number of benzene rings is 2. The molecule has 0 saturated heterocycles. The van der Waals surface area contributed by atoms with E-state index >= 15 is 0 Å². The highest BCUT2D eigenvalue weighted by molar-refractivity contribution is 6.13. The molecule has 0 amide bonds. The van der Waals surface area contributed by atoms with Gasteiger partial charge in [0.15, 0.2) is 0 Å². The molecular formula is C21H18N2O4. The fraction of sp³-hybridized carbons (Fsp3) is 0.143. The van der Waals surface area contributed by atoms with E-state index in [1.54, 1.807) is 44.4 Å². The van der Waals surface area contributed by atoms with Crippen molar-refractivity contribution in [3.05, 3.63) is 54.2 Å². The molecule has 2 aromatic heterocycles. The second-order valence-corrected chi connectivity index (χ2v) is 6.08. The number of hydrogen-bond acceptors (Lipinski definition) is 5. The van der Waals surface area contributed by atoms with Gasteiger partial charge in [0.1, 0.15) is 17.2 Å². The van der Waals surface area contributed by atoms with Crippen LogP contribution in [0.25, 0.3) is 33.1 Å². The summed E-state index contributed by atoms with van der Waals surface area (Å²) in [4.78, 5) is 20.3. The van der Waals surface area contributed by atoms with Crippen LogP contribution in [0.15, 0.2) is 48.5 Å². The first-order valence-electron chi connectivity index (χ1n) is 8.57. The number of methoxy groups -OCH3 is 1. The maximum atomic E-state index is 12.3. The van der Waals surface area contributed by atoms with Gasteiger partial charge in [-0.15, -0.1) is 0 Å². The van der Waals surface area contributed by atoms with Crippen LogP contribution in [0.3, 0.4) is 0 Å². The van der Waals surface area contributed by atoms with Crippen molar-refractivity contribution in [3.8, 4) is 22.8 Å². The molecule has 27 heavy (non-hydrogen) atoms. The van der Waals surface area contributed by atoms with Gasteiger partial charge in [-0.1, -0.05) is 0 Å². The van der Waals surface area contributed by atoms with Gasteiger partial charge in [0.05, 0.1) is 24.9 Å². The van der Waals surface area contributed by atoms with E-state index in [2.05, 4.69) is 9.97 Å². The van der Waals surface area contributed by atoms with Gasteiger partial charge in [0.2, 0.25) is 0 Å². The van der Waals surface area contributed by atoms with Gasteiger partial charge < -0.3 is 19.6 Å². The van der Waals surface area contributed by atoms with Crippen molar-refractivity contribution < 1.29 is 19.4 Å². The van der Waals surface area contributed by atoms with Gasteiger partial charge in [0.25, 0.3) is 0 Å². The number of esters is 1. The Hall–Kier alpha value is -3.54. The monoisotopic (exact) mass is 362 g/mol. The van der Waals surface area contributed by atoms with Crippen LogP contribution < -0.4 is 4.74 Å². The predicted molar refractivity (Wildman–Crippen MR) is 103 cm³/mol. The molecule has 136 valence electrons. The minimum absolute atomic E-state index is 0.165. The molecule has 0 aliphatic heterocycles. The van der Waals surface area contributed by atoms with Crippen LogP contribution in [0.2, 0.25) is 0 Å². The summed E-state index contributed by atoms with van der Waals surface area (Å²) < 4.78 is 10.5. The second kappa shape index (κ2) is 6.64. The third-order valence-corrected chi connectivity index (χ3v) is 4.42. The molecule has 6 nitrogen and oxygen atoms in total. The number of aromatic nitrogens is 2. The number of rotatable bonds is 4. The van der Waals surface area contributed by atoms with Gasteiger partial charge in [-0.25, -0.2) is 9.78 Å². The fourth-order valence-electron chi connectivity index (χ4n) is 3.14. The number of fused-ring (bicyclic) bond motifs is 3. The van der Waals surface area contributed by atoms with Gasteiger partial charge >= 0.3 is 5.97 Å². The minimum Gasteiger partial charge on any atom is -0.508 e.